The molecule has 1 saturated heterocycles. The van der Waals surface area contributed by atoms with Crippen LogP contribution in [-0.4, -0.2) is 36.6 Å². The van der Waals surface area contributed by atoms with Crippen LogP contribution in [0.2, 0.25) is 0 Å². The fourth-order valence-corrected chi connectivity index (χ4v) is 3.52. The maximum Gasteiger partial charge on any atom is 0.0458 e. The number of hydrogen-bond acceptors (Lipinski definition) is 2. The van der Waals surface area contributed by atoms with Crippen molar-refractivity contribution in [1.82, 2.24) is 15.2 Å². The largest absolute Gasteiger partial charge is 0.361 e. The highest BCUT2D eigenvalue weighted by Gasteiger charge is 2.19. The Labute approximate surface area is 128 Å². The minimum atomic E-state index is 0.855. The van der Waals surface area contributed by atoms with Gasteiger partial charge < -0.3 is 10.3 Å². The molecule has 1 aliphatic rings. The van der Waals surface area contributed by atoms with Gasteiger partial charge >= 0.3 is 0 Å². The Morgan fingerprint density at radius 1 is 1.35 bits per heavy atom. The molecule has 1 fully saturated rings. The van der Waals surface area contributed by atoms with Crippen LogP contribution >= 0.6 is 15.9 Å². The van der Waals surface area contributed by atoms with Gasteiger partial charge in [-0.3, -0.25) is 4.90 Å². The number of halogens is 1. The first kappa shape index (κ1) is 14.1. The second kappa shape index (κ2) is 6.29. The topological polar surface area (TPSA) is 31.1 Å². The van der Waals surface area contributed by atoms with Crippen LogP contribution in [0.5, 0.6) is 0 Å². The summed E-state index contributed by atoms with van der Waals surface area (Å²) in [6.45, 7) is 4.65. The normalized spacial score (nSPS) is 17.9. The minimum Gasteiger partial charge on any atom is -0.361 e. The first-order valence-corrected chi connectivity index (χ1v) is 8.18. The lowest BCUT2D eigenvalue weighted by Crippen LogP contribution is -2.36. The lowest BCUT2D eigenvalue weighted by molar-refractivity contribution is 0.177. The van der Waals surface area contributed by atoms with E-state index in [1.807, 2.05) is 0 Å². The average molecular weight is 336 g/mol. The van der Waals surface area contributed by atoms with Crippen LogP contribution in [0.1, 0.15) is 18.4 Å². The first-order chi connectivity index (χ1) is 9.76. The molecule has 0 amide bonds. The molecule has 1 aromatic carbocycles. The molecule has 2 aromatic rings. The molecule has 3 nitrogen and oxygen atoms in total. The molecule has 0 aliphatic carbocycles. The van der Waals surface area contributed by atoms with Gasteiger partial charge in [-0.05, 0) is 69.2 Å². The third kappa shape index (κ3) is 3.08. The van der Waals surface area contributed by atoms with E-state index >= 15 is 0 Å². The van der Waals surface area contributed by atoms with Crippen molar-refractivity contribution < 1.29 is 0 Å². The monoisotopic (exact) mass is 335 g/mol. The molecule has 108 valence electrons. The highest BCUT2D eigenvalue weighted by molar-refractivity contribution is 9.10. The SMILES string of the molecule is CNCC1CCN(Cc2c[nH]c3ccc(Br)cc23)CC1. The van der Waals surface area contributed by atoms with E-state index < -0.39 is 0 Å². The molecular weight excluding hydrogens is 314 g/mol. The van der Waals surface area contributed by atoms with Crippen LogP contribution in [0, 0.1) is 5.92 Å². The van der Waals surface area contributed by atoms with Crippen LogP contribution in [0.25, 0.3) is 10.9 Å². The zero-order valence-electron chi connectivity index (χ0n) is 12.0. The van der Waals surface area contributed by atoms with Gasteiger partial charge in [-0.15, -0.1) is 0 Å². The number of hydrogen-bond donors (Lipinski definition) is 2. The van der Waals surface area contributed by atoms with Gasteiger partial charge in [0, 0.05) is 28.1 Å². The third-order valence-electron chi connectivity index (χ3n) is 4.32. The van der Waals surface area contributed by atoms with Gasteiger partial charge in [0.05, 0.1) is 0 Å². The van der Waals surface area contributed by atoms with Crippen LogP contribution in [-0.2, 0) is 6.54 Å². The van der Waals surface area contributed by atoms with Gasteiger partial charge in [0.2, 0.25) is 0 Å². The van der Waals surface area contributed by atoms with Crippen LogP contribution in [0.3, 0.4) is 0 Å². The molecule has 1 aliphatic heterocycles. The summed E-state index contributed by atoms with van der Waals surface area (Å²) in [7, 11) is 2.05. The van der Waals surface area contributed by atoms with Gasteiger partial charge in [-0.2, -0.15) is 0 Å². The van der Waals surface area contributed by atoms with Gasteiger partial charge in [-0.25, -0.2) is 0 Å². The molecule has 20 heavy (non-hydrogen) atoms. The highest BCUT2D eigenvalue weighted by Crippen LogP contribution is 2.25. The van der Waals surface area contributed by atoms with Crippen molar-refractivity contribution in [3.8, 4) is 0 Å². The molecular formula is C16H22BrN3. The average Bonchev–Trinajstić information content (AvgIpc) is 2.84. The molecule has 2 N–H and O–H groups in total. The smallest absolute Gasteiger partial charge is 0.0458 e. The van der Waals surface area contributed by atoms with Crippen molar-refractivity contribution in [2.24, 2.45) is 5.92 Å². The predicted molar refractivity (Wildman–Crippen MR) is 87.9 cm³/mol. The number of benzene rings is 1. The summed E-state index contributed by atoms with van der Waals surface area (Å²) >= 11 is 3.57. The number of rotatable bonds is 4. The Kier molecular flexibility index (Phi) is 4.44. The second-order valence-corrected chi connectivity index (χ2v) is 6.70. The predicted octanol–water partition coefficient (Wildman–Crippen LogP) is 3.36. The Morgan fingerprint density at radius 3 is 2.90 bits per heavy atom. The van der Waals surface area contributed by atoms with Gasteiger partial charge in [0.25, 0.3) is 0 Å². The van der Waals surface area contributed by atoms with E-state index in [2.05, 4.69) is 62.6 Å². The summed E-state index contributed by atoms with van der Waals surface area (Å²) in [5.41, 5.74) is 2.64. The van der Waals surface area contributed by atoms with Crippen molar-refractivity contribution in [3.63, 3.8) is 0 Å². The van der Waals surface area contributed by atoms with Gasteiger partial charge in [-0.1, -0.05) is 15.9 Å². The molecule has 0 saturated carbocycles. The Morgan fingerprint density at radius 2 is 2.15 bits per heavy atom. The summed E-state index contributed by atoms with van der Waals surface area (Å²) in [4.78, 5) is 5.96. The van der Waals surface area contributed by atoms with E-state index in [9.17, 15) is 0 Å². The number of aromatic amines is 1. The molecule has 0 atom stereocenters. The summed E-state index contributed by atoms with van der Waals surface area (Å²) in [5.74, 6) is 0.855. The summed E-state index contributed by atoms with van der Waals surface area (Å²) in [6, 6.07) is 6.45. The molecule has 0 unspecified atom stereocenters. The fraction of sp³-hybridized carbons (Fsp3) is 0.500. The van der Waals surface area contributed by atoms with E-state index in [1.165, 1.54) is 42.4 Å². The van der Waals surface area contributed by atoms with Crippen molar-refractivity contribution in [1.29, 1.82) is 0 Å². The van der Waals surface area contributed by atoms with Gasteiger partial charge in [0.1, 0.15) is 0 Å². The van der Waals surface area contributed by atoms with Crippen molar-refractivity contribution in [2.75, 3.05) is 26.7 Å². The van der Waals surface area contributed by atoms with Crippen molar-refractivity contribution in [2.45, 2.75) is 19.4 Å². The van der Waals surface area contributed by atoms with Crippen LogP contribution in [0.4, 0.5) is 0 Å². The second-order valence-electron chi connectivity index (χ2n) is 5.78. The number of aromatic nitrogens is 1. The Hall–Kier alpha value is -0.840. The number of likely N-dealkylation sites (tertiary alicyclic amines) is 1. The lowest BCUT2D eigenvalue weighted by atomic mass is 9.96. The number of nitrogens with one attached hydrogen (secondary N) is 2. The molecule has 3 rings (SSSR count). The quantitative estimate of drug-likeness (QED) is 0.897. The maximum atomic E-state index is 3.57. The van der Waals surface area contributed by atoms with E-state index in [4.69, 9.17) is 0 Å². The zero-order chi connectivity index (χ0) is 13.9. The van der Waals surface area contributed by atoms with Crippen LogP contribution < -0.4 is 5.32 Å². The summed E-state index contributed by atoms with van der Waals surface area (Å²) in [6.07, 6.45) is 4.79. The number of fused-ring (bicyclic) bond motifs is 1. The lowest BCUT2D eigenvalue weighted by Gasteiger charge is -2.31. The minimum absolute atomic E-state index is 0.855. The Bertz CT molecular complexity index is 570. The van der Waals surface area contributed by atoms with E-state index in [-0.39, 0.29) is 0 Å². The highest BCUT2D eigenvalue weighted by atomic mass is 79.9. The third-order valence-corrected chi connectivity index (χ3v) is 4.82. The number of nitrogens with zero attached hydrogens (tertiary/aromatic N) is 1. The van der Waals surface area contributed by atoms with E-state index in [0.717, 1.165) is 23.5 Å². The van der Waals surface area contributed by atoms with Crippen molar-refractivity contribution >= 4 is 26.8 Å². The molecule has 0 spiro atoms. The summed E-state index contributed by atoms with van der Waals surface area (Å²) < 4.78 is 1.15. The molecule has 0 bridgehead atoms. The fourth-order valence-electron chi connectivity index (χ4n) is 3.16. The maximum absolute atomic E-state index is 3.57. The molecule has 0 radical (unpaired) electrons. The zero-order valence-corrected chi connectivity index (χ0v) is 13.5. The van der Waals surface area contributed by atoms with Gasteiger partial charge in [0.15, 0.2) is 0 Å². The van der Waals surface area contributed by atoms with E-state index in [0.29, 0.717) is 0 Å². The van der Waals surface area contributed by atoms with E-state index in [1.54, 1.807) is 0 Å². The summed E-state index contributed by atoms with van der Waals surface area (Å²) in [5, 5.41) is 4.64. The molecule has 1 aromatic heterocycles. The molecule has 2 heterocycles. The molecule has 4 heteroatoms. The standard InChI is InChI=1S/C16H22BrN3/c1-18-9-12-4-6-20(7-5-12)11-13-10-19-16-3-2-14(17)8-15(13)16/h2-3,8,10,12,18-19H,4-7,9,11H2,1H3. The number of piperidine rings is 1. The Balaban J connectivity index is 1.67. The van der Waals surface area contributed by atoms with Crippen molar-refractivity contribution in [3.05, 3.63) is 34.4 Å². The van der Waals surface area contributed by atoms with Crippen LogP contribution in [0.15, 0.2) is 28.9 Å². The first-order valence-electron chi connectivity index (χ1n) is 7.38. The number of H-pyrrole nitrogens is 1.